The van der Waals surface area contributed by atoms with Crippen LogP contribution in [0.3, 0.4) is 0 Å². The molecule has 96 valence electrons. The molecule has 0 bridgehead atoms. The Hall–Kier alpha value is -1.47. The Labute approximate surface area is 125 Å². The van der Waals surface area contributed by atoms with Crippen molar-refractivity contribution in [2.24, 2.45) is 0 Å². The quantitative estimate of drug-likeness (QED) is 0.838. The highest BCUT2D eigenvalue weighted by atomic mass is 35.5. The molecule has 19 heavy (non-hydrogen) atoms. The third-order valence-corrected chi connectivity index (χ3v) is 3.88. The maximum Gasteiger partial charge on any atom is 0.131 e. The molecule has 0 saturated heterocycles. The maximum absolute atomic E-state index is 8.71. The SMILES string of the molecule is N#CCc1cnc(N)c(-c2ccc(Cl)c(Cl)c2Cl)c1. The second-order valence-electron chi connectivity index (χ2n) is 3.83. The van der Waals surface area contributed by atoms with E-state index in [1.807, 2.05) is 0 Å². The zero-order valence-electron chi connectivity index (χ0n) is 9.62. The Bertz CT molecular complexity index is 678. The lowest BCUT2D eigenvalue weighted by Crippen LogP contribution is -1.97. The second-order valence-corrected chi connectivity index (χ2v) is 5.00. The molecule has 2 aromatic rings. The summed E-state index contributed by atoms with van der Waals surface area (Å²) >= 11 is 18.1. The molecule has 1 aromatic heterocycles. The molecule has 0 fully saturated rings. The van der Waals surface area contributed by atoms with Crippen LogP contribution in [0, 0.1) is 11.3 Å². The van der Waals surface area contributed by atoms with E-state index in [2.05, 4.69) is 11.1 Å². The molecule has 2 rings (SSSR count). The van der Waals surface area contributed by atoms with E-state index in [9.17, 15) is 0 Å². The van der Waals surface area contributed by atoms with Gasteiger partial charge in [0, 0.05) is 17.3 Å². The van der Waals surface area contributed by atoms with Gasteiger partial charge in [-0.1, -0.05) is 40.9 Å². The zero-order chi connectivity index (χ0) is 14.0. The van der Waals surface area contributed by atoms with Gasteiger partial charge in [-0.15, -0.1) is 0 Å². The lowest BCUT2D eigenvalue weighted by molar-refractivity contribution is 1.20. The molecule has 0 atom stereocenters. The van der Waals surface area contributed by atoms with Crippen molar-refractivity contribution in [1.29, 1.82) is 5.26 Å². The van der Waals surface area contributed by atoms with Crippen LogP contribution in [0.5, 0.6) is 0 Å². The number of hydrogen-bond acceptors (Lipinski definition) is 3. The van der Waals surface area contributed by atoms with Crippen LogP contribution in [0.1, 0.15) is 5.56 Å². The van der Waals surface area contributed by atoms with Gasteiger partial charge in [-0.05, 0) is 17.7 Å². The molecule has 2 N–H and O–H groups in total. The number of aromatic nitrogens is 1. The molecule has 0 aliphatic heterocycles. The van der Waals surface area contributed by atoms with E-state index in [1.54, 1.807) is 24.4 Å². The number of nitriles is 1. The Morgan fingerprint density at radius 2 is 1.89 bits per heavy atom. The van der Waals surface area contributed by atoms with E-state index in [-0.39, 0.29) is 11.4 Å². The predicted molar refractivity (Wildman–Crippen MR) is 78.4 cm³/mol. The summed E-state index contributed by atoms with van der Waals surface area (Å²) in [7, 11) is 0. The van der Waals surface area contributed by atoms with E-state index in [4.69, 9.17) is 45.8 Å². The van der Waals surface area contributed by atoms with Gasteiger partial charge in [-0.25, -0.2) is 4.98 Å². The van der Waals surface area contributed by atoms with Gasteiger partial charge in [0.25, 0.3) is 0 Å². The molecule has 0 amide bonds. The summed E-state index contributed by atoms with van der Waals surface area (Å²) < 4.78 is 0. The smallest absolute Gasteiger partial charge is 0.131 e. The van der Waals surface area contributed by atoms with Crippen LogP contribution < -0.4 is 5.73 Å². The fraction of sp³-hybridized carbons (Fsp3) is 0.0769. The minimum Gasteiger partial charge on any atom is -0.383 e. The number of anilines is 1. The van der Waals surface area contributed by atoms with Crippen LogP contribution >= 0.6 is 34.8 Å². The summed E-state index contributed by atoms with van der Waals surface area (Å²) in [5, 5.41) is 9.67. The summed E-state index contributed by atoms with van der Waals surface area (Å²) in [5.41, 5.74) is 7.88. The van der Waals surface area contributed by atoms with Crippen molar-refractivity contribution in [3.05, 3.63) is 45.0 Å². The summed E-state index contributed by atoms with van der Waals surface area (Å²) in [5.74, 6) is 0.321. The topological polar surface area (TPSA) is 62.7 Å². The Morgan fingerprint density at radius 1 is 1.16 bits per heavy atom. The normalized spacial score (nSPS) is 10.2. The fourth-order valence-electron chi connectivity index (χ4n) is 1.66. The highest BCUT2D eigenvalue weighted by Gasteiger charge is 2.13. The van der Waals surface area contributed by atoms with E-state index in [0.29, 0.717) is 27.0 Å². The van der Waals surface area contributed by atoms with Gasteiger partial charge in [-0.2, -0.15) is 5.26 Å². The van der Waals surface area contributed by atoms with Crippen LogP contribution in [0.4, 0.5) is 5.82 Å². The number of halogens is 3. The molecule has 0 saturated carbocycles. The van der Waals surface area contributed by atoms with Crippen LogP contribution in [0.2, 0.25) is 15.1 Å². The van der Waals surface area contributed by atoms with Gasteiger partial charge < -0.3 is 5.73 Å². The molecular formula is C13H8Cl3N3. The van der Waals surface area contributed by atoms with Crippen molar-refractivity contribution in [2.45, 2.75) is 6.42 Å². The van der Waals surface area contributed by atoms with Crippen molar-refractivity contribution in [3.8, 4) is 17.2 Å². The summed E-state index contributed by atoms with van der Waals surface area (Å²) in [6.45, 7) is 0. The number of pyridine rings is 1. The molecule has 0 aliphatic rings. The molecule has 1 aromatic carbocycles. The fourth-order valence-corrected chi connectivity index (χ4v) is 2.29. The van der Waals surface area contributed by atoms with Gasteiger partial charge in [0.2, 0.25) is 0 Å². The van der Waals surface area contributed by atoms with Crippen LogP contribution in [-0.2, 0) is 6.42 Å². The summed E-state index contributed by atoms with van der Waals surface area (Å²) in [6, 6.07) is 7.19. The first-order chi connectivity index (χ1) is 9.04. The van der Waals surface area contributed by atoms with Gasteiger partial charge in [0.1, 0.15) is 5.82 Å². The first-order valence-corrected chi connectivity index (χ1v) is 6.43. The molecule has 0 spiro atoms. The van der Waals surface area contributed by atoms with Crippen molar-refractivity contribution in [2.75, 3.05) is 5.73 Å². The monoisotopic (exact) mass is 311 g/mol. The summed E-state index contributed by atoms with van der Waals surface area (Å²) in [6.07, 6.45) is 1.81. The standard InChI is InChI=1S/C13H8Cl3N3/c14-10-2-1-8(11(15)12(10)16)9-5-7(3-4-17)6-19-13(9)18/h1-2,5-6H,3H2,(H2,18,19). The largest absolute Gasteiger partial charge is 0.383 e. The van der Waals surface area contributed by atoms with E-state index in [0.717, 1.165) is 5.56 Å². The van der Waals surface area contributed by atoms with E-state index < -0.39 is 0 Å². The van der Waals surface area contributed by atoms with Crippen molar-refractivity contribution >= 4 is 40.6 Å². The number of nitrogens with two attached hydrogens (primary N) is 1. The Morgan fingerprint density at radius 3 is 2.58 bits per heavy atom. The highest BCUT2D eigenvalue weighted by molar-refractivity contribution is 6.49. The van der Waals surface area contributed by atoms with Crippen LogP contribution in [0.25, 0.3) is 11.1 Å². The molecular weight excluding hydrogens is 305 g/mol. The average molecular weight is 313 g/mol. The zero-order valence-corrected chi connectivity index (χ0v) is 11.9. The van der Waals surface area contributed by atoms with Crippen LogP contribution in [-0.4, -0.2) is 4.98 Å². The number of nitrogens with zero attached hydrogens (tertiary/aromatic N) is 2. The molecule has 0 radical (unpaired) electrons. The van der Waals surface area contributed by atoms with Crippen molar-refractivity contribution in [1.82, 2.24) is 4.98 Å². The minimum atomic E-state index is 0.249. The molecule has 1 heterocycles. The first kappa shape index (κ1) is 14.0. The molecule has 6 heteroatoms. The third-order valence-electron chi connectivity index (χ3n) is 2.58. The van der Waals surface area contributed by atoms with Gasteiger partial charge in [0.05, 0.1) is 27.6 Å². The average Bonchev–Trinajstić information content (AvgIpc) is 2.39. The Balaban J connectivity index is 2.62. The molecule has 0 unspecified atom stereocenters. The highest BCUT2D eigenvalue weighted by Crippen LogP contribution is 2.39. The summed E-state index contributed by atoms with van der Waals surface area (Å²) in [4.78, 5) is 4.06. The number of rotatable bonds is 2. The maximum atomic E-state index is 8.71. The second kappa shape index (κ2) is 5.66. The lowest BCUT2D eigenvalue weighted by atomic mass is 10.0. The van der Waals surface area contributed by atoms with Crippen molar-refractivity contribution < 1.29 is 0 Å². The van der Waals surface area contributed by atoms with E-state index in [1.165, 1.54) is 0 Å². The predicted octanol–water partition coefficient (Wildman–Crippen LogP) is 4.36. The van der Waals surface area contributed by atoms with Crippen molar-refractivity contribution in [3.63, 3.8) is 0 Å². The number of hydrogen-bond donors (Lipinski definition) is 1. The number of benzene rings is 1. The van der Waals surface area contributed by atoms with Crippen LogP contribution in [0.15, 0.2) is 24.4 Å². The molecule has 0 aliphatic carbocycles. The number of nitrogen functional groups attached to an aromatic ring is 1. The third kappa shape index (κ3) is 2.76. The first-order valence-electron chi connectivity index (χ1n) is 5.29. The Kier molecular flexibility index (Phi) is 4.16. The minimum absolute atomic E-state index is 0.249. The lowest BCUT2D eigenvalue weighted by Gasteiger charge is -2.10. The van der Waals surface area contributed by atoms with Gasteiger partial charge >= 0.3 is 0 Å². The van der Waals surface area contributed by atoms with Gasteiger partial charge in [-0.3, -0.25) is 0 Å². The van der Waals surface area contributed by atoms with E-state index >= 15 is 0 Å². The molecule has 3 nitrogen and oxygen atoms in total. The van der Waals surface area contributed by atoms with Gasteiger partial charge in [0.15, 0.2) is 0 Å².